The van der Waals surface area contributed by atoms with Crippen molar-refractivity contribution in [2.75, 3.05) is 0 Å². The number of halogens is 5. The van der Waals surface area contributed by atoms with E-state index < -0.39 is 41.3 Å². The molecule has 118 valence electrons. The second kappa shape index (κ2) is 8.76. The van der Waals surface area contributed by atoms with E-state index in [4.69, 9.17) is 0 Å². The zero-order chi connectivity index (χ0) is 16.5. The minimum absolute atomic E-state index is 0.693. The van der Waals surface area contributed by atoms with Crippen LogP contribution >= 0.6 is 0 Å². The van der Waals surface area contributed by atoms with Gasteiger partial charge in [-0.1, -0.05) is 29.5 Å². The van der Waals surface area contributed by atoms with Gasteiger partial charge in [-0.25, -0.2) is 22.0 Å². The van der Waals surface area contributed by atoms with E-state index in [0.717, 1.165) is 6.21 Å². The molecule has 0 fully saturated rings. The highest BCUT2D eigenvalue weighted by molar-refractivity contribution is 5.70. The van der Waals surface area contributed by atoms with Crippen LogP contribution in [0.3, 0.4) is 0 Å². The van der Waals surface area contributed by atoms with Crippen LogP contribution in [0.25, 0.3) is 0 Å². The first-order valence-electron chi connectivity index (χ1n) is 6.09. The number of allylic oxidation sites excluding steroid dienone is 5. The average molecular weight is 317 g/mol. The van der Waals surface area contributed by atoms with Crippen molar-refractivity contribution >= 4 is 6.21 Å². The third kappa shape index (κ3) is 4.54. The van der Waals surface area contributed by atoms with E-state index in [9.17, 15) is 22.0 Å². The normalized spacial score (nSPS) is 11.9. The van der Waals surface area contributed by atoms with Gasteiger partial charge in [-0.15, -0.1) is 6.58 Å². The maximum absolute atomic E-state index is 13.3. The van der Waals surface area contributed by atoms with Crippen LogP contribution in [-0.4, -0.2) is 6.21 Å². The second-order valence-electron chi connectivity index (χ2n) is 3.91. The fourth-order valence-electron chi connectivity index (χ4n) is 1.32. The van der Waals surface area contributed by atoms with Gasteiger partial charge in [0.15, 0.2) is 23.3 Å². The van der Waals surface area contributed by atoms with E-state index in [1.54, 1.807) is 18.2 Å². The van der Waals surface area contributed by atoms with Crippen LogP contribution in [-0.2, 0) is 11.4 Å². The molecule has 1 aromatic carbocycles. The molecule has 1 aromatic rings. The first kappa shape index (κ1) is 17.6. The van der Waals surface area contributed by atoms with Gasteiger partial charge in [-0.2, -0.15) is 0 Å². The van der Waals surface area contributed by atoms with Crippen LogP contribution in [0.5, 0.6) is 0 Å². The SMILES string of the molecule is C=CC/C=C/C=C/C=N/OCc1c(F)c(F)c(F)c(F)c1F. The number of rotatable bonds is 7. The molecule has 0 radical (unpaired) electrons. The van der Waals surface area contributed by atoms with Crippen LogP contribution in [0.2, 0.25) is 0 Å². The molecule has 0 N–H and O–H groups in total. The summed E-state index contributed by atoms with van der Waals surface area (Å²) >= 11 is 0. The Balaban J connectivity index is 2.64. The van der Waals surface area contributed by atoms with Gasteiger partial charge in [0.25, 0.3) is 0 Å². The maximum atomic E-state index is 13.3. The molecule has 0 atom stereocenters. The van der Waals surface area contributed by atoms with Crippen molar-refractivity contribution < 1.29 is 26.8 Å². The Hall–Kier alpha value is -2.44. The van der Waals surface area contributed by atoms with Gasteiger partial charge >= 0.3 is 0 Å². The van der Waals surface area contributed by atoms with Crippen molar-refractivity contribution in [3.8, 4) is 0 Å². The minimum atomic E-state index is -2.21. The van der Waals surface area contributed by atoms with Crippen molar-refractivity contribution in [3.63, 3.8) is 0 Å². The lowest BCUT2D eigenvalue weighted by Crippen LogP contribution is -2.07. The Kier molecular flexibility index (Phi) is 7.01. The van der Waals surface area contributed by atoms with Gasteiger partial charge in [0, 0.05) is 0 Å². The highest BCUT2D eigenvalue weighted by atomic mass is 19.2. The molecule has 0 aliphatic rings. The number of hydrogen-bond donors (Lipinski definition) is 0. The fourth-order valence-corrected chi connectivity index (χ4v) is 1.32. The number of oxime groups is 1. The summed E-state index contributed by atoms with van der Waals surface area (Å²) in [5.74, 6) is -10.1. The molecule has 0 aliphatic carbocycles. The quantitative estimate of drug-likeness (QED) is 0.137. The number of hydrogen-bond acceptors (Lipinski definition) is 2. The molecule has 0 aromatic heterocycles. The molecule has 7 heteroatoms. The molecule has 2 nitrogen and oxygen atoms in total. The molecule has 0 amide bonds. The highest BCUT2D eigenvalue weighted by Crippen LogP contribution is 2.23. The number of benzene rings is 1. The lowest BCUT2D eigenvalue weighted by molar-refractivity contribution is 0.124. The zero-order valence-electron chi connectivity index (χ0n) is 11.3. The third-order valence-electron chi connectivity index (χ3n) is 2.39. The van der Waals surface area contributed by atoms with Crippen LogP contribution in [0.1, 0.15) is 12.0 Å². The van der Waals surface area contributed by atoms with Gasteiger partial charge in [0.05, 0.1) is 11.8 Å². The molecule has 0 saturated heterocycles. The molecule has 0 bridgehead atoms. The Bertz CT molecular complexity index is 594. The summed E-state index contributed by atoms with van der Waals surface area (Å²) in [5, 5.41) is 3.31. The van der Waals surface area contributed by atoms with E-state index in [0.29, 0.717) is 6.42 Å². The van der Waals surface area contributed by atoms with Crippen molar-refractivity contribution in [2.24, 2.45) is 5.16 Å². The first-order valence-corrected chi connectivity index (χ1v) is 6.09. The Morgan fingerprint density at radius 3 is 2.05 bits per heavy atom. The first-order chi connectivity index (χ1) is 10.5. The Labute approximate surface area is 123 Å². The predicted octanol–water partition coefficient (Wildman–Crippen LogP) is 4.57. The Morgan fingerprint density at radius 2 is 1.45 bits per heavy atom. The van der Waals surface area contributed by atoms with E-state index in [-0.39, 0.29) is 0 Å². The summed E-state index contributed by atoms with van der Waals surface area (Å²) in [6.45, 7) is 2.63. The standard InChI is InChI=1S/C15H12F5NO/c1-2-3-4-5-6-7-8-21-22-9-10-11(16)13(18)15(20)14(19)12(10)17/h2,4-8H,1,3,9H2/b5-4+,7-6+,21-8+. The number of nitrogens with zero attached hydrogens (tertiary/aromatic N) is 1. The van der Waals surface area contributed by atoms with Crippen LogP contribution in [0, 0.1) is 29.1 Å². The van der Waals surface area contributed by atoms with Gasteiger partial charge in [0.1, 0.15) is 6.61 Å². The van der Waals surface area contributed by atoms with Crippen molar-refractivity contribution in [3.05, 3.63) is 71.6 Å². The zero-order valence-corrected chi connectivity index (χ0v) is 11.3. The van der Waals surface area contributed by atoms with Gasteiger partial charge < -0.3 is 4.84 Å². The minimum Gasteiger partial charge on any atom is -0.391 e. The smallest absolute Gasteiger partial charge is 0.200 e. The molecule has 0 saturated carbocycles. The summed E-state index contributed by atoms with van der Waals surface area (Å²) in [6, 6.07) is 0. The molecule has 0 aliphatic heterocycles. The Morgan fingerprint density at radius 1 is 0.864 bits per heavy atom. The van der Waals surface area contributed by atoms with Gasteiger partial charge in [0.2, 0.25) is 5.82 Å². The molecule has 0 unspecified atom stereocenters. The summed E-state index contributed by atoms with van der Waals surface area (Å²) in [4.78, 5) is 4.50. The third-order valence-corrected chi connectivity index (χ3v) is 2.39. The summed E-state index contributed by atoms with van der Waals surface area (Å²) < 4.78 is 65.1. The van der Waals surface area contributed by atoms with Crippen molar-refractivity contribution in [1.82, 2.24) is 0 Å². The van der Waals surface area contributed by atoms with Gasteiger partial charge in [-0.3, -0.25) is 0 Å². The molecule has 1 rings (SSSR count). The van der Waals surface area contributed by atoms with E-state index in [1.165, 1.54) is 6.08 Å². The topological polar surface area (TPSA) is 21.6 Å². The largest absolute Gasteiger partial charge is 0.391 e. The lowest BCUT2D eigenvalue weighted by Gasteiger charge is -2.06. The summed E-state index contributed by atoms with van der Waals surface area (Å²) in [6.07, 6.45) is 10.1. The summed E-state index contributed by atoms with van der Waals surface area (Å²) in [7, 11) is 0. The van der Waals surface area contributed by atoms with E-state index in [2.05, 4.69) is 16.6 Å². The molecular weight excluding hydrogens is 305 g/mol. The highest BCUT2D eigenvalue weighted by Gasteiger charge is 2.25. The van der Waals surface area contributed by atoms with Crippen LogP contribution < -0.4 is 0 Å². The maximum Gasteiger partial charge on any atom is 0.200 e. The predicted molar refractivity (Wildman–Crippen MR) is 72.6 cm³/mol. The van der Waals surface area contributed by atoms with Gasteiger partial charge in [-0.05, 0) is 12.5 Å². The van der Waals surface area contributed by atoms with Crippen LogP contribution in [0.4, 0.5) is 22.0 Å². The summed E-state index contributed by atoms with van der Waals surface area (Å²) in [5.41, 5.74) is -1.08. The molecule has 22 heavy (non-hydrogen) atoms. The molecular formula is C15H12F5NO. The van der Waals surface area contributed by atoms with Crippen molar-refractivity contribution in [2.45, 2.75) is 13.0 Å². The van der Waals surface area contributed by atoms with Crippen molar-refractivity contribution in [1.29, 1.82) is 0 Å². The van der Waals surface area contributed by atoms with E-state index >= 15 is 0 Å². The molecule has 0 spiro atoms. The van der Waals surface area contributed by atoms with Crippen LogP contribution in [0.15, 0.2) is 42.1 Å². The fraction of sp³-hybridized carbons (Fsp3) is 0.133. The average Bonchev–Trinajstić information content (AvgIpc) is 2.52. The second-order valence-corrected chi connectivity index (χ2v) is 3.91. The lowest BCUT2D eigenvalue weighted by atomic mass is 10.2. The molecule has 0 heterocycles. The van der Waals surface area contributed by atoms with E-state index in [1.807, 2.05) is 6.08 Å². The monoisotopic (exact) mass is 317 g/mol.